The van der Waals surface area contributed by atoms with Crippen LogP contribution in [0, 0.1) is 0 Å². The van der Waals surface area contributed by atoms with Crippen molar-refractivity contribution in [2.75, 3.05) is 27.2 Å². The molecule has 1 amide bonds. The molecule has 4 nitrogen and oxygen atoms in total. The van der Waals surface area contributed by atoms with Crippen LogP contribution in [0.25, 0.3) is 0 Å². The SMILES string of the molecule is CCN(CC(=O)N(C)Cc1ccc(OC)cc1)Cc1ccc(Cl)s1. The Hall–Kier alpha value is -1.56. The average molecular weight is 367 g/mol. The fourth-order valence-corrected chi connectivity index (χ4v) is 3.47. The molecular weight excluding hydrogens is 344 g/mol. The van der Waals surface area contributed by atoms with Crippen LogP contribution in [0.1, 0.15) is 17.4 Å². The summed E-state index contributed by atoms with van der Waals surface area (Å²) in [5.41, 5.74) is 1.08. The number of nitrogens with zero attached hydrogens (tertiary/aromatic N) is 2. The number of likely N-dealkylation sites (N-methyl/N-ethyl adjacent to an activating group) is 2. The van der Waals surface area contributed by atoms with Gasteiger partial charge in [0.2, 0.25) is 5.91 Å². The summed E-state index contributed by atoms with van der Waals surface area (Å²) in [6.07, 6.45) is 0. The highest BCUT2D eigenvalue weighted by molar-refractivity contribution is 7.16. The minimum atomic E-state index is 0.107. The number of hydrogen-bond acceptors (Lipinski definition) is 4. The second kappa shape index (κ2) is 9.06. The van der Waals surface area contributed by atoms with E-state index in [9.17, 15) is 4.79 Å². The summed E-state index contributed by atoms with van der Waals surface area (Å²) in [7, 11) is 3.48. The fraction of sp³-hybridized carbons (Fsp3) is 0.389. The molecule has 24 heavy (non-hydrogen) atoms. The number of thiophene rings is 1. The third-order valence-corrected chi connectivity index (χ3v) is 5.03. The zero-order valence-electron chi connectivity index (χ0n) is 14.3. The summed E-state index contributed by atoms with van der Waals surface area (Å²) in [6, 6.07) is 11.7. The topological polar surface area (TPSA) is 32.8 Å². The molecule has 0 bridgehead atoms. The van der Waals surface area contributed by atoms with Gasteiger partial charge in [0.25, 0.3) is 0 Å². The van der Waals surface area contributed by atoms with E-state index < -0.39 is 0 Å². The zero-order chi connectivity index (χ0) is 17.5. The van der Waals surface area contributed by atoms with Crippen molar-refractivity contribution in [1.29, 1.82) is 0 Å². The number of rotatable bonds is 8. The minimum Gasteiger partial charge on any atom is -0.497 e. The second-order valence-corrected chi connectivity index (χ2v) is 7.41. The third kappa shape index (κ3) is 5.51. The van der Waals surface area contributed by atoms with Gasteiger partial charge in [0.1, 0.15) is 5.75 Å². The predicted octanol–water partition coefficient (Wildman–Crippen LogP) is 3.89. The van der Waals surface area contributed by atoms with Crippen molar-refractivity contribution in [1.82, 2.24) is 9.80 Å². The summed E-state index contributed by atoms with van der Waals surface area (Å²) in [4.78, 5) is 17.5. The molecule has 1 aromatic carbocycles. The van der Waals surface area contributed by atoms with Crippen molar-refractivity contribution >= 4 is 28.8 Å². The van der Waals surface area contributed by atoms with E-state index in [1.54, 1.807) is 23.3 Å². The van der Waals surface area contributed by atoms with Gasteiger partial charge < -0.3 is 9.64 Å². The number of methoxy groups -OCH3 is 1. The molecule has 0 radical (unpaired) electrons. The minimum absolute atomic E-state index is 0.107. The molecule has 0 saturated heterocycles. The van der Waals surface area contributed by atoms with E-state index >= 15 is 0 Å². The Labute approximate surface area is 152 Å². The number of ether oxygens (including phenoxy) is 1. The van der Waals surface area contributed by atoms with Gasteiger partial charge in [-0.2, -0.15) is 0 Å². The molecule has 1 heterocycles. The van der Waals surface area contributed by atoms with Crippen LogP contribution >= 0.6 is 22.9 Å². The lowest BCUT2D eigenvalue weighted by atomic mass is 10.2. The Morgan fingerprint density at radius 3 is 2.42 bits per heavy atom. The molecule has 0 aliphatic heterocycles. The molecular formula is C18H23ClN2O2S. The largest absolute Gasteiger partial charge is 0.497 e. The van der Waals surface area contributed by atoms with Crippen molar-refractivity contribution in [3.8, 4) is 5.75 Å². The van der Waals surface area contributed by atoms with Crippen LogP contribution in [0.2, 0.25) is 4.34 Å². The first-order chi connectivity index (χ1) is 11.5. The molecule has 0 aliphatic rings. The molecule has 1 aromatic heterocycles. The molecule has 2 aromatic rings. The van der Waals surface area contributed by atoms with E-state index in [0.29, 0.717) is 13.1 Å². The molecule has 0 atom stereocenters. The molecule has 0 saturated carbocycles. The van der Waals surface area contributed by atoms with Gasteiger partial charge >= 0.3 is 0 Å². The van der Waals surface area contributed by atoms with Gasteiger partial charge in [0.15, 0.2) is 0 Å². The Balaban J connectivity index is 1.88. The van der Waals surface area contributed by atoms with Gasteiger partial charge in [-0.15, -0.1) is 11.3 Å². The van der Waals surface area contributed by atoms with Crippen LogP contribution in [-0.2, 0) is 17.9 Å². The van der Waals surface area contributed by atoms with E-state index in [-0.39, 0.29) is 5.91 Å². The van der Waals surface area contributed by atoms with Gasteiger partial charge in [0, 0.05) is 25.0 Å². The Bertz CT molecular complexity index is 657. The van der Waals surface area contributed by atoms with E-state index in [2.05, 4.69) is 11.8 Å². The van der Waals surface area contributed by atoms with Crippen LogP contribution in [-0.4, -0.2) is 43.0 Å². The Kier molecular flexibility index (Phi) is 7.09. The summed E-state index contributed by atoms with van der Waals surface area (Å²) >= 11 is 7.53. The average Bonchev–Trinajstić information content (AvgIpc) is 2.99. The van der Waals surface area contributed by atoms with Gasteiger partial charge in [-0.25, -0.2) is 0 Å². The van der Waals surface area contributed by atoms with Crippen LogP contribution < -0.4 is 4.74 Å². The predicted molar refractivity (Wildman–Crippen MR) is 99.7 cm³/mol. The highest BCUT2D eigenvalue weighted by atomic mass is 35.5. The molecule has 0 N–H and O–H groups in total. The van der Waals surface area contributed by atoms with Gasteiger partial charge in [0.05, 0.1) is 18.0 Å². The fourth-order valence-electron chi connectivity index (χ4n) is 2.34. The number of hydrogen-bond donors (Lipinski definition) is 0. The first-order valence-corrected chi connectivity index (χ1v) is 9.04. The number of carbonyl (C=O) groups excluding carboxylic acids is 1. The van der Waals surface area contributed by atoms with E-state index in [4.69, 9.17) is 16.3 Å². The van der Waals surface area contributed by atoms with Crippen LogP contribution in [0.3, 0.4) is 0 Å². The number of carbonyl (C=O) groups is 1. The van der Waals surface area contributed by atoms with Crippen LogP contribution in [0.15, 0.2) is 36.4 Å². The van der Waals surface area contributed by atoms with Crippen molar-refractivity contribution in [3.63, 3.8) is 0 Å². The number of benzene rings is 1. The summed E-state index contributed by atoms with van der Waals surface area (Å²) < 4.78 is 5.93. The quantitative estimate of drug-likeness (QED) is 0.710. The van der Waals surface area contributed by atoms with Crippen LogP contribution in [0.5, 0.6) is 5.75 Å². The number of halogens is 1. The maximum atomic E-state index is 12.5. The van der Waals surface area contributed by atoms with E-state index in [1.165, 1.54) is 4.88 Å². The first-order valence-electron chi connectivity index (χ1n) is 7.85. The lowest BCUT2D eigenvalue weighted by Gasteiger charge is -2.23. The zero-order valence-corrected chi connectivity index (χ0v) is 15.9. The maximum absolute atomic E-state index is 12.5. The summed E-state index contributed by atoms with van der Waals surface area (Å²) in [6.45, 7) is 4.61. The van der Waals surface area contributed by atoms with Crippen molar-refractivity contribution in [3.05, 3.63) is 51.2 Å². The maximum Gasteiger partial charge on any atom is 0.236 e. The molecule has 6 heteroatoms. The first kappa shape index (κ1) is 18.8. The van der Waals surface area contributed by atoms with Crippen molar-refractivity contribution in [2.24, 2.45) is 0 Å². The van der Waals surface area contributed by atoms with Crippen LogP contribution in [0.4, 0.5) is 0 Å². The van der Waals surface area contributed by atoms with E-state index in [0.717, 1.165) is 28.7 Å². The molecule has 2 rings (SSSR count). The molecule has 0 fully saturated rings. The third-order valence-electron chi connectivity index (χ3n) is 3.82. The molecule has 130 valence electrons. The monoisotopic (exact) mass is 366 g/mol. The van der Waals surface area contributed by atoms with Crippen molar-refractivity contribution in [2.45, 2.75) is 20.0 Å². The molecule has 0 spiro atoms. The van der Waals surface area contributed by atoms with Gasteiger partial charge in [-0.3, -0.25) is 9.69 Å². The molecule has 0 aliphatic carbocycles. The smallest absolute Gasteiger partial charge is 0.236 e. The molecule has 0 unspecified atom stereocenters. The Morgan fingerprint density at radius 2 is 1.88 bits per heavy atom. The summed E-state index contributed by atoms with van der Waals surface area (Å²) in [5.74, 6) is 0.926. The lowest BCUT2D eigenvalue weighted by molar-refractivity contribution is -0.131. The van der Waals surface area contributed by atoms with E-state index in [1.807, 2.05) is 43.4 Å². The second-order valence-electron chi connectivity index (χ2n) is 5.61. The highest BCUT2D eigenvalue weighted by Gasteiger charge is 2.15. The normalized spacial score (nSPS) is 10.9. The summed E-state index contributed by atoms with van der Waals surface area (Å²) in [5, 5.41) is 0. The van der Waals surface area contributed by atoms with Gasteiger partial charge in [-0.05, 0) is 36.4 Å². The lowest BCUT2D eigenvalue weighted by Crippen LogP contribution is -2.37. The highest BCUT2D eigenvalue weighted by Crippen LogP contribution is 2.22. The van der Waals surface area contributed by atoms with Gasteiger partial charge in [-0.1, -0.05) is 30.7 Å². The standard InChI is InChI=1S/C18H23ClN2O2S/c1-4-21(12-16-9-10-17(19)24-16)13-18(22)20(2)11-14-5-7-15(23-3)8-6-14/h5-10H,4,11-13H2,1-3H3. The number of amides is 1. The Morgan fingerprint density at radius 1 is 1.17 bits per heavy atom. The van der Waals surface area contributed by atoms with Crippen molar-refractivity contribution < 1.29 is 9.53 Å².